The quantitative estimate of drug-likeness (QED) is 0.854. The van der Waals surface area contributed by atoms with Gasteiger partial charge in [-0.25, -0.2) is 9.97 Å². The molecule has 0 spiro atoms. The monoisotopic (exact) mass is 360 g/mol. The van der Waals surface area contributed by atoms with E-state index in [1.165, 1.54) is 4.88 Å². The molecule has 0 aromatic carbocycles. The van der Waals surface area contributed by atoms with Crippen molar-refractivity contribution in [3.63, 3.8) is 0 Å². The highest BCUT2D eigenvalue weighted by atomic mass is 32.1. The predicted molar refractivity (Wildman–Crippen MR) is 104 cm³/mol. The minimum Gasteiger partial charge on any atom is -0.356 e. The second-order valence-corrected chi connectivity index (χ2v) is 8.36. The molecule has 1 aliphatic heterocycles. The zero-order chi connectivity index (χ0) is 17.8. The van der Waals surface area contributed by atoms with Crippen LogP contribution < -0.4 is 10.2 Å². The number of hydrogen-bond acceptors (Lipinski definition) is 5. The van der Waals surface area contributed by atoms with Gasteiger partial charge in [0.05, 0.1) is 11.3 Å². The van der Waals surface area contributed by atoms with Crippen LogP contribution in [-0.4, -0.2) is 35.5 Å². The lowest BCUT2D eigenvalue weighted by Crippen LogP contribution is -2.43. The lowest BCUT2D eigenvalue weighted by Gasteiger charge is -2.33. The first-order valence-electron chi connectivity index (χ1n) is 9.34. The number of thiophene rings is 1. The summed E-state index contributed by atoms with van der Waals surface area (Å²) in [5.74, 6) is 1.84. The number of hydrogen-bond donors (Lipinski definition) is 1. The van der Waals surface area contributed by atoms with Gasteiger partial charge in [0.2, 0.25) is 5.91 Å². The second kappa shape index (κ2) is 8.13. The van der Waals surface area contributed by atoms with E-state index in [1.54, 1.807) is 17.7 Å². The van der Waals surface area contributed by atoms with E-state index in [2.05, 4.69) is 47.0 Å². The summed E-state index contributed by atoms with van der Waals surface area (Å²) in [7, 11) is 0. The van der Waals surface area contributed by atoms with Gasteiger partial charge in [-0.2, -0.15) is 0 Å². The van der Waals surface area contributed by atoms with Crippen LogP contribution in [0.15, 0.2) is 12.4 Å². The molecule has 3 rings (SSSR count). The SMILES string of the molecule is CCc1cc2c(N3CCC[C@@H](C(=O)NCCC(C)C)C3)ncnc2s1. The second-order valence-electron chi connectivity index (χ2n) is 7.24. The summed E-state index contributed by atoms with van der Waals surface area (Å²) in [5, 5.41) is 4.24. The maximum Gasteiger partial charge on any atom is 0.224 e. The minimum absolute atomic E-state index is 0.0511. The minimum atomic E-state index is 0.0511. The number of carbonyl (C=O) groups excluding carboxylic acids is 1. The van der Waals surface area contributed by atoms with Gasteiger partial charge in [-0.1, -0.05) is 20.8 Å². The van der Waals surface area contributed by atoms with Crippen molar-refractivity contribution < 1.29 is 4.79 Å². The molecule has 3 heterocycles. The summed E-state index contributed by atoms with van der Waals surface area (Å²) in [4.78, 5) is 26.1. The lowest BCUT2D eigenvalue weighted by atomic mass is 9.96. The third kappa shape index (κ3) is 4.29. The molecular weight excluding hydrogens is 332 g/mol. The van der Waals surface area contributed by atoms with Crippen molar-refractivity contribution in [2.45, 2.75) is 46.5 Å². The number of carbonyl (C=O) groups is 1. The van der Waals surface area contributed by atoms with Gasteiger partial charge in [-0.15, -0.1) is 11.3 Å². The van der Waals surface area contributed by atoms with E-state index in [1.807, 2.05) is 0 Å². The van der Waals surface area contributed by atoms with Crippen molar-refractivity contribution in [3.05, 3.63) is 17.3 Å². The smallest absolute Gasteiger partial charge is 0.224 e. The molecule has 136 valence electrons. The molecule has 1 atom stereocenters. The number of amides is 1. The van der Waals surface area contributed by atoms with Gasteiger partial charge in [-0.05, 0) is 37.7 Å². The number of nitrogens with one attached hydrogen (secondary N) is 1. The molecule has 0 aliphatic carbocycles. The molecule has 1 amide bonds. The number of anilines is 1. The molecule has 1 saturated heterocycles. The molecule has 1 N–H and O–H groups in total. The van der Waals surface area contributed by atoms with Crippen LogP contribution in [0.25, 0.3) is 10.2 Å². The largest absolute Gasteiger partial charge is 0.356 e. The highest BCUT2D eigenvalue weighted by molar-refractivity contribution is 7.18. The van der Waals surface area contributed by atoms with Crippen molar-refractivity contribution in [2.75, 3.05) is 24.5 Å². The number of aromatic nitrogens is 2. The first kappa shape index (κ1) is 18.1. The Morgan fingerprint density at radius 2 is 2.28 bits per heavy atom. The van der Waals surface area contributed by atoms with Gasteiger partial charge in [0.1, 0.15) is 17.0 Å². The van der Waals surface area contributed by atoms with Crippen molar-refractivity contribution in [2.24, 2.45) is 11.8 Å². The Hall–Kier alpha value is -1.69. The molecular formula is C19H28N4OS. The number of fused-ring (bicyclic) bond motifs is 1. The summed E-state index contributed by atoms with van der Waals surface area (Å²) in [6.07, 6.45) is 5.69. The average Bonchev–Trinajstić information content (AvgIpc) is 3.04. The zero-order valence-corrected chi connectivity index (χ0v) is 16.2. The maximum atomic E-state index is 12.5. The van der Waals surface area contributed by atoms with E-state index >= 15 is 0 Å². The highest BCUT2D eigenvalue weighted by Crippen LogP contribution is 2.32. The first-order chi connectivity index (χ1) is 12.1. The zero-order valence-electron chi connectivity index (χ0n) is 15.4. The fraction of sp³-hybridized carbons (Fsp3) is 0.632. The number of aryl methyl sites for hydroxylation is 1. The van der Waals surface area contributed by atoms with Gasteiger partial charge in [0, 0.05) is 24.5 Å². The van der Waals surface area contributed by atoms with Crippen LogP contribution in [0.5, 0.6) is 0 Å². The average molecular weight is 361 g/mol. The van der Waals surface area contributed by atoms with Crippen LogP contribution in [-0.2, 0) is 11.2 Å². The molecule has 2 aromatic heterocycles. The Balaban J connectivity index is 1.71. The predicted octanol–water partition coefficient (Wildman–Crippen LogP) is 3.63. The van der Waals surface area contributed by atoms with E-state index in [-0.39, 0.29) is 11.8 Å². The Labute approximate surface area is 153 Å². The van der Waals surface area contributed by atoms with E-state index < -0.39 is 0 Å². The van der Waals surface area contributed by atoms with Crippen molar-refractivity contribution in [1.29, 1.82) is 0 Å². The van der Waals surface area contributed by atoms with Gasteiger partial charge in [-0.3, -0.25) is 4.79 Å². The molecule has 2 aromatic rings. The van der Waals surface area contributed by atoms with Crippen LogP contribution in [0.2, 0.25) is 0 Å². The molecule has 1 aliphatic rings. The van der Waals surface area contributed by atoms with Crippen LogP contribution >= 0.6 is 11.3 Å². The van der Waals surface area contributed by atoms with Crippen LogP contribution in [0.1, 0.15) is 44.9 Å². The molecule has 5 nitrogen and oxygen atoms in total. The molecule has 25 heavy (non-hydrogen) atoms. The molecule has 1 fully saturated rings. The van der Waals surface area contributed by atoms with Gasteiger partial charge < -0.3 is 10.2 Å². The number of rotatable bonds is 6. The summed E-state index contributed by atoms with van der Waals surface area (Å²) >= 11 is 1.74. The molecule has 0 bridgehead atoms. The van der Waals surface area contributed by atoms with E-state index in [0.717, 1.165) is 61.4 Å². The summed E-state index contributed by atoms with van der Waals surface area (Å²) in [6.45, 7) is 9.00. The van der Waals surface area contributed by atoms with Gasteiger partial charge in [0.15, 0.2) is 0 Å². The lowest BCUT2D eigenvalue weighted by molar-refractivity contribution is -0.125. The first-order valence-corrected chi connectivity index (χ1v) is 10.2. The molecule has 0 unspecified atom stereocenters. The molecule has 0 radical (unpaired) electrons. The summed E-state index contributed by atoms with van der Waals surface area (Å²) < 4.78 is 0. The van der Waals surface area contributed by atoms with Crippen molar-refractivity contribution >= 4 is 33.3 Å². The Morgan fingerprint density at radius 3 is 3.04 bits per heavy atom. The number of piperidine rings is 1. The number of nitrogens with zero attached hydrogens (tertiary/aromatic N) is 3. The fourth-order valence-corrected chi connectivity index (χ4v) is 4.26. The third-order valence-electron chi connectivity index (χ3n) is 4.82. The Kier molecular flexibility index (Phi) is 5.89. The van der Waals surface area contributed by atoms with Crippen LogP contribution in [0.3, 0.4) is 0 Å². The summed E-state index contributed by atoms with van der Waals surface area (Å²) in [5.41, 5.74) is 0. The topological polar surface area (TPSA) is 58.1 Å². The van der Waals surface area contributed by atoms with E-state index in [9.17, 15) is 4.79 Å². The standard InChI is InChI=1S/C19H28N4OS/c1-4-15-10-16-17(21-12-22-19(16)25-15)23-9-5-6-14(11-23)18(24)20-8-7-13(2)3/h10,12-14H,4-9,11H2,1-3H3,(H,20,24)/t14-/m1/s1. The van der Waals surface area contributed by atoms with Crippen LogP contribution in [0.4, 0.5) is 5.82 Å². The van der Waals surface area contributed by atoms with Crippen molar-refractivity contribution in [3.8, 4) is 0 Å². The van der Waals surface area contributed by atoms with Gasteiger partial charge in [0.25, 0.3) is 0 Å². The van der Waals surface area contributed by atoms with E-state index in [0.29, 0.717) is 5.92 Å². The van der Waals surface area contributed by atoms with Crippen LogP contribution in [0, 0.1) is 11.8 Å². The Morgan fingerprint density at radius 1 is 1.44 bits per heavy atom. The Bertz CT molecular complexity index is 727. The maximum absolute atomic E-state index is 12.5. The summed E-state index contributed by atoms with van der Waals surface area (Å²) in [6, 6.07) is 2.21. The van der Waals surface area contributed by atoms with E-state index in [4.69, 9.17) is 0 Å². The fourth-order valence-electron chi connectivity index (χ4n) is 3.33. The normalized spacial score (nSPS) is 18.1. The van der Waals surface area contributed by atoms with Gasteiger partial charge >= 0.3 is 0 Å². The third-order valence-corrected chi connectivity index (χ3v) is 6.01. The molecule has 6 heteroatoms. The highest BCUT2D eigenvalue weighted by Gasteiger charge is 2.27. The van der Waals surface area contributed by atoms with Crippen molar-refractivity contribution in [1.82, 2.24) is 15.3 Å². The molecule has 0 saturated carbocycles.